The molecule has 0 saturated heterocycles. The highest BCUT2D eigenvalue weighted by Gasteiger charge is 2.07. The van der Waals surface area contributed by atoms with Gasteiger partial charge >= 0.3 is 0 Å². The summed E-state index contributed by atoms with van der Waals surface area (Å²) in [7, 11) is 0. The number of benzene rings is 1. The molecule has 0 spiro atoms. The standard InChI is InChI=1S/C13H11BrFNOS/c14-12-6-5-10(18-12)7-13(17)16-8-9-3-1-2-4-11(9)15/h1-6H,7-8H2,(H,16,17). The third-order valence-corrected chi connectivity index (χ3v) is 4.02. The van der Waals surface area contributed by atoms with Gasteiger partial charge in [0.05, 0.1) is 10.2 Å². The summed E-state index contributed by atoms with van der Waals surface area (Å²) in [6.45, 7) is 0.220. The third kappa shape index (κ3) is 3.65. The number of amides is 1. The molecular weight excluding hydrogens is 317 g/mol. The van der Waals surface area contributed by atoms with E-state index in [0.717, 1.165) is 8.66 Å². The highest BCUT2D eigenvalue weighted by atomic mass is 79.9. The number of thiophene rings is 1. The van der Waals surface area contributed by atoms with E-state index in [4.69, 9.17) is 0 Å². The Bertz CT molecular complexity index is 555. The van der Waals surface area contributed by atoms with E-state index in [1.807, 2.05) is 12.1 Å². The largest absolute Gasteiger partial charge is 0.352 e. The highest BCUT2D eigenvalue weighted by Crippen LogP contribution is 2.22. The average molecular weight is 328 g/mol. The van der Waals surface area contributed by atoms with E-state index < -0.39 is 0 Å². The molecule has 1 amide bonds. The molecular formula is C13H11BrFNOS. The van der Waals surface area contributed by atoms with Crippen molar-refractivity contribution in [2.45, 2.75) is 13.0 Å². The van der Waals surface area contributed by atoms with Crippen molar-refractivity contribution in [3.8, 4) is 0 Å². The number of hydrogen-bond acceptors (Lipinski definition) is 2. The normalized spacial score (nSPS) is 10.3. The van der Waals surface area contributed by atoms with Crippen LogP contribution in [0.25, 0.3) is 0 Å². The molecule has 2 rings (SSSR count). The van der Waals surface area contributed by atoms with Crippen LogP contribution in [0.2, 0.25) is 0 Å². The lowest BCUT2D eigenvalue weighted by Crippen LogP contribution is -2.24. The molecule has 0 radical (unpaired) electrons. The molecule has 1 N–H and O–H groups in total. The Balaban J connectivity index is 1.87. The van der Waals surface area contributed by atoms with Crippen LogP contribution in [0.15, 0.2) is 40.2 Å². The van der Waals surface area contributed by atoms with Crippen LogP contribution in [0.1, 0.15) is 10.4 Å². The molecule has 0 bridgehead atoms. The lowest BCUT2D eigenvalue weighted by Gasteiger charge is -2.05. The van der Waals surface area contributed by atoms with E-state index in [0.29, 0.717) is 12.0 Å². The first kappa shape index (κ1) is 13.2. The lowest BCUT2D eigenvalue weighted by molar-refractivity contribution is -0.120. The second-order valence-corrected chi connectivity index (χ2v) is 6.30. The van der Waals surface area contributed by atoms with E-state index in [2.05, 4.69) is 21.2 Å². The Morgan fingerprint density at radius 1 is 1.28 bits per heavy atom. The van der Waals surface area contributed by atoms with Gasteiger partial charge in [-0.25, -0.2) is 4.39 Å². The predicted octanol–water partition coefficient (Wildman–Crippen LogP) is 3.51. The van der Waals surface area contributed by atoms with Crippen LogP contribution in [-0.4, -0.2) is 5.91 Å². The quantitative estimate of drug-likeness (QED) is 0.914. The van der Waals surface area contributed by atoms with Gasteiger partial charge in [0, 0.05) is 17.0 Å². The third-order valence-electron chi connectivity index (χ3n) is 2.40. The molecule has 1 aromatic heterocycles. The first-order valence-corrected chi connectivity index (χ1v) is 7.00. The van der Waals surface area contributed by atoms with Gasteiger partial charge in [-0.15, -0.1) is 11.3 Å². The smallest absolute Gasteiger partial charge is 0.225 e. The Morgan fingerprint density at radius 3 is 2.72 bits per heavy atom. The molecule has 0 saturated carbocycles. The van der Waals surface area contributed by atoms with Crippen molar-refractivity contribution in [1.29, 1.82) is 0 Å². The fourth-order valence-electron chi connectivity index (χ4n) is 1.50. The van der Waals surface area contributed by atoms with Gasteiger partial charge in [0.1, 0.15) is 5.82 Å². The molecule has 0 aliphatic rings. The zero-order chi connectivity index (χ0) is 13.0. The molecule has 5 heteroatoms. The van der Waals surface area contributed by atoms with Gasteiger partial charge in [-0.05, 0) is 34.1 Å². The first-order valence-electron chi connectivity index (χ1n) is 5.39. The topological polar surface area (TPSA) is 29.1 Å². The van der Waals surface area contributed by atoms with Gasteiger partial charge in [-0.1, -0.05) is 18.2 Å². The van der Waals surface area contributed by atoms with E-state index >= 15 is 0 Å². The Labute approximate surface area is 117 Å². The van der Waals surface area contributed by atoms with E-state index in [1.54, 1.807) is 18.2 Å². The number of carbonyl (C=O) groups is 1. The SMILES string of the molecule is O=C(Cc1ccc(Br)s1)NCc1ccccc1F. The molecule has 1 aromatic carbocycles. The van der Waals surface area contributed by atoms with Crippen LogP contribution in [-0.2, 0) is 17.8 Å². The number of rotatable bonds is 4. The monoisotopic (exact) mass is 327 g/mol. The van der Waals surface area contributed by atoms with Crippen molar-refractivity contribution in [1.82, 2.24) is 5.32 Å². The van der Waals surface area contributed by atoms with Gasteiger partial charge in [0.2, 0.25) is 5.91 Å². The molecule has 0 aliphatic heterocycles. The van der Waals surface area contributed by atoms with Crippen molar-refractivity contribution in [3.05, 3.63) is 56.4 Å². The molecule has 0 aliphatic carbocycles. The summed E-state index contributed by atoms with van der Waals surface area (Å²) in [6.07, 6.45) is 0.324. The van der Waals surface area contributed by atoms with Gasteiger partial charge in [0.25, 0.3) is 0 Å². The number of hydrogen-bond donors (Lipinski definition) is 1. The van der Waals surface area contributed by atoms with Crippen LogP contribution in [0.4, 0.5) is 4.39 Å². The fourth-order valence-corrected chi connectivity index (χ4v) is 2.98. The fraction of sp³-hybridized carbons (Fsp3) is 0.154. The summed E-state index contributed by atoms with van der Waals surface area (Å²) in [6, 6.07) is 10.2. The molecule has 2 aromatic rings. The minimum Gasteiger partial charge on any atom is -0.352 e. The molecule has 94 valence electrons. The molecule has 18 heavy (non-hydrogen) atoms. The van der Waals surface area contributed by atoms with Crippen LogP contribution in [0.3, 0.4) is 0 Å². The highest BCUT2D eigenvalue weighted by molar-refractivity contribution is 9.11. The van der Waals surface area contributed by atoms with Crippen molar-refractivity contribution < 1.29 is 9.18 Å². The van der Waals surface area contributed by atoms with Crippen LogP contribution >= 0.6 is 27.3 Å². The summed E-state index contributed by atoms with van der Waals surface area (Å²) in [4.78, 5) is 12.6. The minimum absolute atomic E-state index is 0.104. The number of carbonyl (C=O) groups excluding carboxylic acids is 1. The number of halogens is 2. The van der Waals surface area contributed by atoms with Crippen LogP contribution < -0.4 is 5.32 Å². The average Bonchev–Trinajstić information content (AvgIpc) is 2.74. The van der Waals surface area contributed by atoms with E-state index in [1.165, 1.54) is 17.4 Å². The summed E-state index contributed by atoms with van der Waals surface area (Å²) < 4.78 is 14.3. The van der Waals surface area contributed by atoms with Crippen molar-refractivity contribution in [2.75, 3.05) is 0 Å². The molecule has 1 heterocycles. The van der Waals surface area contributed by atoms with Gasteiger partial charge < -0.3 is 5.32 Å². The van der Waals surface area contributed by atoms with Gasteiger partial charge in [0.15, 0.2) is 0 Å². The molecule has 0 atom stereocenters. The maximum absolute atomic E-state index is 13.3. The second-order valence-electron chi connectivity index (χ2n) is 3.75. The Kier molecular flexibility index (Phi) is 4.49. The van der Waals surface area contributed by atoms with Gasteiger partial charge in [-0.3, -0.25) is 4.79 Å². The van der Waals surface area contributed by atoms with Gasteiger partial charge in [-0.2, -0.15) is 0 Å². The van der Waals surface area contributed by atoms with Crippen LogP contribution in [0.5, 0.6) is 0 Å². The maximum Gasteiger partial charge on any atom is 0.225 e. The molecule has 0 fully saturated rings. The summed E-state index contributed by atoms with van der Waals surface area (Å²) >= 11 is 4.87. The summed E-state index contributed by atoms with van der Waals surface area (Å²) in [5.74, 6) is -0.399. The van der Waals surface area contributed by atoms with Crippen LogP contribution in [0, 0.1) is 5.82 Å². The van der Waals surface area contributed by atoms with E-state index in [9.17, 15) is 9.18 Å². The molecule has 2 nitrogen and oxygen atoms in total. The van der Waals surface area contributed by atoms with Crippen molar-refractivity contribution in [2.24, 2.45) is 0 Å². The maximum atomic E-state index is 13.3. The Morgan fingerprint density at radius 2 is 2.06 bits per heavy atom. The predicted molar refractivity (Wildman–Crippen MR) is 74.0 cm³/mol. The first-order chi connectivity index (χ1) is 8.65. The summed E-state index contributed by atoms with van der Waals surface area (Å²) in [5, 5.41) is 2.71. The van der Waals surface area contributed by atoms with Crippen molar-refractivity contribution >= 4 is 33.2 Å². The Hall–Kier alpha value is -1.20. The van der Waals surface area contributed by atoms with Crippen molar-refractivity contribution in [3.63, 3.8) is 0 Å². The van der Waals surface area contributed by atoms with E-state index in [-0.39, 0.29) is 18.3 Å². The zero-order valence-electron chi connectivity index (χ0n) is 9.45. The molecule has 0 unspecified atom stereocenters. The summed E-state index contributed by atoms with van der Waals surface area (Å²) in [5.41, 5.74) is 0.498. The lowest BCUT2D eigenvalue weighted by atomic mass is 10.2. The minimum atomic E-state index is -0.295. The zero-order valence-corrected chi connectivity index (χ0v) is 11.9. The second kappa shape index (κ2) is 6.11. The number of nitrogens with one attached hydrogen (secondary N) is 1.